The van der Waals surface area contributed by atoms with Crippen molar-refractivity contribution in [3.05, 3.63) is 82.7 Å². The number of nitrogens with two attached hydrogens (primary N) is 1. The van der Waals surface area contributed by atoms with Gasteiger partial charge < -0.3 is 16.4 Å². The number of primary amides is 1. The number of halogens is 1. The van der Waals surface area contributed by atoms with Crippen LogP contribution in [0.25, 0.3) is 0 Å². The fraction of sp³-hybridized carbons (Fsp3) is 0.292. The van der Waals surface area contributed by atoms with Crippen molar-refractivity contribution < 1.29 is 18.8 Å². The zero-order valence-electron chi connectivity index (χ0n) is 18.0. The van der Waals surface area contributed by atoms with Crippen molar-refractivity contribution in [1.29, 1.82) is 0 Å². The second-order valence-electron chi connectivity index (χ2n) is 8.30. The van der Waals surface area contributed by atoms with Crippen LogP contribution in [-0.2, 0) is 11.3 Å². The highest BCUT2D eigenvalue weighted by Crippen LogP contribution is 2.37. The molecule has 2 aromatic rings. The van der Waals surface area contributed by atoms with E-state index in [1.807, 2.05) is 12.2 Å². The van der Waals surface area contributed by atoms with Gasteiger partial charge in [0.05, 0.1) is 0 Å². The van der Waals surface area contributed by atoms with Crippen molar-refractivity contribution in [3.63, 3.8) is 0 Å². The number of aryl methyl sites for hydroxylation is 1. The fourth-order valence-corrected chi connectivity index (χ4v) is 4.30. The predicted molar refractivity (Wildman–Crippen MR) is 118 cm³/mol. The van der Waals surface area contributed by atoms with Gasteiger partial charge in [-0.25, -0.2) is 14.4 Å². The van der Waals surface area contributed by atoms with Gasteiger partial charge in [-0.15, -0.1) is 0 Å². The summed E-state index contributed by atoms with van der Waals surface area (Å²) in [5.74, 6) is -1.42. The van der Waals surface area contributed by atoms with E-state index in [0.717, 1.165) is 18.4 Å². The first kappa shape index (κ1) is 22.3. The molecule has 0 spiro atoms. The summed E-state index contributed by atoms with van der Waals surface area (Å²) in [7, 11) is 0. The van der Waals surface area contributed by atoms with Gasteiger partial charge in [-0.2, -0.15) is 0 Å². The van der Waals surface area contributed by atoms with Gasteiger partial charge in [0, 0.05) is 30.1 Å². The minimum absolute atomic E-state index is 0.0601. The predicted octanol–water partition coefficient (Wildman–Crippen LogP) is 1.96. The summed E-state index contributed by atoms with van der Waals surface area (Å²) < 4.78 is 13.4. The number of fused-ring (bicyclic) bond motifs is 1. The maximum atomic E-state index is 13.4. The molecule has 2 aliphatic carbocycles. The van der Waals surface area contributed by atoms with Gasteiger partial charge in [-0.3, -0.25) is 14.4 Å². The van der Waals surface area contributed by atoms with Crippen LogP contribution in [0.3, 0.4) is 0 Å². The van der Waals surface area contributed by atoms with Crippen LogP contribution < -0.4 is 16.4 Å². The van der Waals surface area contributed by atoms with Gasteiger partial charge in [0.15, 0.2) is 0 Å². The Morgan fingerprint density at radius 1 is 1.12 bits per heavy atom. The van der Waals surface area contributed by atoms with Crippen LogP contribution in [0.2, 0.25) is 0 Å². The first-order valence-electron chi connectivity index (χ1n) is 10.7. The van der Waals surface area contributed by atoms with Crippen LogP contribution in [0.4, 0.5) is 4.39 Å². The normalized spacial score (nSPS) is 21.2. The second kappa shape index (κ2) is 9.32. The van der Waals surface area contributed by atoms with Gasteiger partial charge >= 0.3 is 0 Å². The minimum Gasteiger partial charge on any atom is -0.366 e. The van der Waals surface area contributed by atoms with Crippen LogP contribution in [-0.4, -0.2) is 33.7 Å². The van der Waals surface area contributed by atoms with E-state index in [9.17, 15) is 18.8 Å². The Balaban J connectivity index is 1.38. The molecule has 1 aromatic carbocycles. The van der Waals surface area contributed by atoms with Crippen LogP contribution in [0.15, 0.2) is 54.4 Å². The van der Waals surface area contributed by atoms with Crippen molar-refractivity contribution in [2.45, 2.75) is 32.4 Å². The van der Waals surface area contributed by atoms with E-state index in [-0.39, 0.29) is 41.6 Å². The topological polar surface area (TPSA) is 127 Å². The molecule has 1 fully saturated rings. The molecule has 3 atom stereocenters. The first-order chi connectivity index (χ1) is 15.8. The Morgan fingerprint density at radius 3 is 2.61 bits per heavy atom. The number of nitrogens with zero attached hydrogens (tertiary/aromatic N) is 2. The maximum Gasteiger partial charge on any atom is 0.270 e. The monoisotopic (exact) mass is 449 g/mol. The van der Waals surface area contributed by atoms with E-state index in [4.69, 9.17) is 5.73 Å². The average molecular weight is 449 g/mol. The van der Waals surface area contributed by atoms with Crippen molar-refractivity contribution >= 4 is 17.7 Å². The van der Waals surface area contributed by atoms with E-state index in [0.29, 0.717) is 11.1 Å². The van der Waals surface area contributed by atoms with Gasteiger partial charge in [0.1, 0.15) is 23.5 Å². The summed E-state index contributed by atoms with van der Waals surface area (Å²) in [5.41, 5.74) is 7.24. The standard InChI is InChI=1S/C24H24FN5O3/c1-13-8-14(2-6-18(13)25)11-27-23(32)20-10-21(29-12-28-20)24(33)30-19-7-4-15-9-16(22(26)31)3-5-17(15)19/h2-3,5-6,8-10,12,15,17,19H,4,7,11H2,1H3,(H2,26,31)(H,27,32)(H,30,33)/t15?,17?,19-/m0/s1. The molecule has 9 heteroatoms. The molecule has 170 valence electrons. The van der Waals surface area contributed by atoms with E-state index in [2.05, 4.69) is 20.6 Å². The van der Waals surface area contributed by atoms with E-state index in [1.165, 1.54) is 18.5 Å². The number of aromatic nitrogens is 2. The van der Waals surface area contributed by atoms with Gasteiger partial charge in [0.2, 0.25) is 5.91 Å². The number of benzene rings is 1. The lowest BCUT2D eigenvalue weighted by Crippen LogP contribution is -2.39. The van der Waals surface area contributed by atoms with Crippen molar-refractivity contribution in [3.8, 4) is 0 Å². The third-order valence-corrected chi connectivity index (χ3v) is 6.07. The lowest BCUT2D eigenvalue weighted by Gasteiger charge is -2.24. The Morgan fingerprint density at radius 2 is 1.88 bits per heavy atom. The molecular weight excluding hydrogens is 425 g/mol. The molecule has 0 aliphatic heterocycles. The molecule has 0 radical (unpaired) electrons. The summed E-state index contributed by atoms with van der Waals surface area (Å²) in [6.07, 6.45) is 8.24. The summed E-state index contributed by atoms with van der Waals surface area (Å²) >= 11 is 0. The van der Waals surface area contributed by atoms with Gasteiger partial charge in [-0.1, -0.05) is 30.4 Å². The van der Waals surface area contributed by atoms with E-state index in [1.54, 1.807) is 25.1 Å². The molecule has 1 saturated carbocycles. The summed E-state index contributed by atoms with van der Waals surface area (Å²) in [6, 6.07) is 5.83. The number of amides is 3. The third-order valence-electron chi connectivity index (χ3n) is 6.07. The number of nitrogens with one attached hydrogen (secondary N) is 2. The van der Waals surface area contributed by atoms with Gasteiger partial charge in [-0.05, 0) is 42.9 Å². The second-order valence-corrected chi connectivity index (χ2v) is 8.30. The Hall–Kier alpha value is -3.88. The summed E-state index contributed by atoms with van der Waals surface area (Å²) in [6.45, 7) is 1.85. The van der Waals surface area contributed by atoms with E-state index < -0.39 is 17.7 Å². The Bertz CT molecular complexity index is 1180. The average Bonchev–Trinajstić information content (AvgIpc) is 3.21. The number of carbonyl (C=O) groups is 3. The minimum atomic E-state index is -0.464. The molecule has 0 saturated heterocycles. The van der Waals surface area contributed by atoms with Crippen LogP contribution in [0.5, 0.6) is 0 Å². The van der Waals surface area contributed by atoms with Crippen LogP contribution in [0, 0.1) is 24.6 Å². The molecule has 0 bridgehead atoms. The molecule has 4 rings (SSSR count). The highest BCUT2D eigenvalue weighted by atomic mass is 19.1. The van der Waals surface area contributed by atoms with E-state index >= 15 is 0 Å². The third kappa shape index (κ3) is 4.97. The first-order valence-corrected chi connectivity index (χ1v) is 10.7. The highest BCUT2D eigenvalue weighted by Gasteiger charge is 2.36. The quantitative estimate of drug-likeness (QED) is 0.621. The Kier molecular flexibility index (Phi) is 6.30. The molecule has 2 aliphatic rings. The summed E-state index contributed by atoms with van der Waals surface area (Å²) in [4.78, 5) is 44.7. The zero-order chi connectivity index (χ0) is 23.5. The largest absolute Gasteiger partial charge is 0.366 e. The Labute approximate surface area is 190 Å². The number of hydrogen-bond acceptors (Lipinski definition) is 5. The van der Waals surface area contributed by atoms with Crippen LogP contribution in [0.1, 0.15) is 44.9 Å². The number of allylic oxidation sites excluding steroid dienone is 1. The van der Waals surface area contributed by atoms with Crippen molar-refractivity contribution in [1.82, 2.24) is 20.6 Å². The lowest BCUT2D eigenvalue weighted by atomic mass is 9.86. The van der Waals surface area contributed by atoms with Crippen molar-refractivity contribution in [2.24, 2.45) is 17.6 Å². The maximum absolute atomic E-state index is 13.4. The summed E-state index contributed by atoms with van der Waals surface area (Å²) in [5, 5.41) is 5.70. The number of rotatable bonds is 6. The number of carbonyl (C=O) groups excluding carboxylic acids is 3. The SMILES string of the molecule is Cc1cc(CNC(=O)c2cc(C(=O)N[C@H]3CCC4C=C(C(N)=O)C=CC43)ncn2)ccc1F. The molecule has 8 nitrogen and oxygen atoms in total. The number of hydrogen-bond donors (Lipinski definition) is 3. The smallest absolute Gasteiger partial charge is 0.270 e. The van der Waals surface area contributed by atoms with Crippen molar-refractivity contribution in [2.75, 3.05) is 0 Å². The van der Waals surface area contributed by atoms with Gasteiger partial charge in [0.25, 0.3) is 11.8 Å². The van der Waals surface area contributed by atoms with Crippen LogP contribution >= 0.6 is 0 Å². The lowest BCUT2D eigenvalue weighted by molar-refractivity contribution is -0.114. The molecule has 1 aromatic heterocycles. The molecule has 1 heterocycles. The molecule has 2 unspecified atom stereocenters. The molecule has 3 amide bonds. The fourth-order valence-electron chi connectivity index (χ4n) is 4.30. The zero-order valence-corrected chi connectivity index (χ0v) is 18.0. The highest BCUT2D eigenvalue weighted by molar-refractivity contribution is 5.97. The molecular formula is C24H24FN5O3. The molecule has 4 N–H and O–H groups in total. The molecule has 33 heavy (non-hydrogen) atoms.